The Labute approximate surface area is 212 Å². The van der Waals surface area contributed by atoms with Gasteiger partial charge in [0.25, 0.3) is 5.91 Å². The molecule has 0 spiro atoms. The summed E-state index contributed by atoms with van der Waals surface area (Å²) in [5, 5.41) is 2.96. The average Bonchev–Trinajstić information content (AvgIpc) is 3.20. The van der Waals surface area contributed by atoms with Crippen LogP contribution in [0.3, 0.4) is 0 Å². The van der Waals surface area contributed by atoms with Gasteiger partial charge in [0.1, 0.15) is 5.75 Å². The smallest absolute Gasteiger partial charge is 0.267 e. The van der Waals surface area contributed by atoms with Crippen molar-refractivity contribution < 1.29 is 9.53 Å². The van der Waals surface area contributed by atoms with Gasteiger partial charge in [-0.15, -0.1) is 0 Å². The van der Waals surface area contributed by atoms with E-state index in [1.807, 2.05) is 42.2 Å². The van der Waals surface area contributed by atoms with Crippen LogP contribution >= 0.6 is 11.8 Å². The molecule has 5 heteroatoms. The van der Waals surface area contributed by atoms with Crippen molar-refractivity contribution >= 4 is 45.4 Å². The molecule has 5 rings (SSSR count). The van der Waals surface area contributed by atoms with Gasteiger partial charge in [-0.05, 0) is 72.7 Å². The summed E-state index contributed by atoms with van der Waals surface area (Å²) in [6, 6.07) is 20.8. The van der Waals surface area contributed by atoms with E-state index in [4.69, 9.17) is 9.73 Å². The number of hydrogen-bond acceptors (Lipinski definition) is 4. The maximum absolute atomic E-state index is 13.8. The van der Waals surface area contributed by atoms with Crippen molar-refractivity contribution in [3.8, 4) is 5.75 Å². The van der Waals surface area contributed by atoms with Crippen LogP contribution in [0.4, 0.5) is 5.69 Å². The third kappa shape index (κ3) is 4.87. The van der Waals surface area contributed by atoms with E-state index in [1.165, 1.54) is 36.6 Å². The fourth-order valence-electron chi connectivity index (χ4n) is 5.09. The molecule has 0 N–H and O–H groups in total. The van der Waals surface area contributed by atoms with Gasteiger partial charge in [-0.3, -0.25) is 9.69 Å². The van der Waals surface area contributed by atoms with Crippen molar-refractivity contribution in [3.05, 3.63) is 76.7 Å². The van der Waals surface area contributed by atoms with Gasteiger partial charge in [-0.25, -0.2) is 4.99 Å². The number of rotatable bonds is 6. The molecule has 0 aromatic heterocycles. The van der Waals surface area contributed by atoms with Gasteiger partial charge in [-0.2, -0.15) is 0 Å². The Balaban J connectivity index is 1.57. The maximum atomic E-state index is 13.8. The summed E-state index contributed by atoms with van der Waals surface area (Å²) in [7, 11) is 0. The van der Waals surface area contributed by atoms with Gasteiger partial charge in [0.05, 0.1) is 17.2 Å². The summed E-state index contributed by atoms with van der Waals surface area (Å²) in [6.45, 7) is 4.76. The summed E-state index contributed by atoms with van der Waals surface area (Å²) in [5.74, 6) is 0.950. The lowest BCUT2D eigenvalue weighted by molar-refractivity contribution is -0.124. The number of amides is 1. The monoisotopic (exact) mass is 484 g/mol. The SMILES string of the molecule is CCOc1ccc(/C=C2\SC(=Nc3ccccc3CC)N(C3CCCCC3)C2=O)c2ccccc12. The Morgan fingerprint density at radius 2 is 1.71 bits per heavy atom. The summed E-state index contributed by atoms with van der Waals surface area (Å²) in [4.78, 5) is 21.6. The predicted octanol–water partition coefficient (Wildman–Crippen LogP) is 7.74. The van der Waals surface area contributed by atoms with Crippen LogP contribution < -0.4 is 4.74 Å². The number of para-hydroxylation sites is 1. The molecule has 4 nitrogen and oxygen atoms in total. The maximum Gasteiger partial charge on any atom is 0.267 e. The van der Waals surface area contributed by atoms with E-state index < -0.39 is 0 Å². The lowest BCUT2D eigenvalue weighted by Crippen LogP contribution is -2.40. The average molecular weight is 485 g/mol. The minimum Gasteiger partial charge on any atom is -0.493 e. The molecule has 0 bridgehead atoms. The first-order chi connectivity index (χ1) is 17.2. The Kier molecular flexibility index (Phi) is 7.24. The molecule has 3 aromatic carbocycles. The van der Waals surface area contributed by atoms with Gasteiger partial charge in [-0.1, -0.05) is 74.7 Å². The highest BCUT2D eigenvalue weighted by Crippen LogP contribution is 2.40. The standard InChI is InChI=1S/C30H32N2O2S/c1-3-21-12-8-11-17-26(21)31-30-32(23-13-6-5-7-14-23)29(33)28(35-30)20-22-18-19-27(34-4-2)25-16-10-9-15-24(22)25/h8-12,15-20,23H,3-7,13-14H2,1-2H3/b28-20-,31-30?. The van der Waals surface area contributed by atoms with Crippen molar-refractivity contribution in [1.82, 2.24) is 4.90 Å². The first-order valence-electron chi connectivity index (χ1n) is 12.7. The van der Waals surface area contributed by atoms with Crippen molar-refractivity contribution in [1.29, 1.82) is 0 Å². The molecule has 1 aliphatic carbocycles. The fraction of sp³-hybridized carbons (Fsp3) is 0.333. The molecule has 180 valence electrons. The molecule has 1 aliphatic heterocycles. The Morgan fingerprint density at radius 3 is 2.49 bits per heavy atom. The van der Waals surface area contributed by atoms with E-state index in [1.54, 1.807) is 0 Å². The molecule has 1 amide bonds. The lowest BCUT2D eigenvalue weighted by Gasteiger charge is -2.30. The van der Waals surface area contributed by atoms with Crippen LogP contribution in [0.2, 0.25) is 0 Å². The Hall–Kier alpha value is -3.05. The van der Waals surface area contributed by atoms with Crippen LogP contribution in [-0.2, 0) is 11.2 Å². The van der Waals surface area contributed by atoms with Crippen LogP contribution in [-0.4, -0.2) is 28.6 Å². The Morgan fingerprint density at radius 1 is 0.971 bits per heavy atom. The normalized spacial score (nSPS) is 19.3. The number of benzene rings is 3. The van der Waals surface area contributed by atoms with E-state index in [-0.39, 0.29) is 11.9 Å². The number of nitrogens with zero attached hydrogens (tertiary/aromatic N) is 2. The van der Waals surface area contributed by atoms with E-state index >= 15 is 0 Å². The van der Waals surface area contributed by atoms with Gasteiger partial charge < -0.3 is 4.74 Å². The molecule has 0 radical (unpaired) electrons. The molecule has 35 heavy (non-hydrogen) atoms. The first kappa shape index (κ1) is 23.7. The van der Waals surface area contributed by atoms with E-state index in [0.717, 1.165) is 57.1 Å². The minimum atomic E-state index is 0.0765. The van der Waals surface area contributed by atoms with Crippen LogP contribution in [0.1, 0.15) is 57.1 Å². The number of aliphatic imine (C=N–C) groups is 1. The van der Waals surface area contributed by atoms with Crippen LogP contribution in [0, 0.1) is 0 Å². The molecular weight excluding hydrogens is 452 g/mol. The van der Waals surface area contributed by atoms with E-state index in [0.29, 0.717) is 6.61 Å². The third-order valence-corrected chi connectivity index (χ3v) is 7.85. The van der Waals surface area contributed by atoms with Crippen molar-refractivity contribution in [2.75, 3.05) is 6.61 Å². The molecular formula is C30H32N2O2S. The summed E-state index contributed by atoms with van der Waals surface area (Å²) in [6.07, 6.45) is 8.61. The number of aryl methyl sites for hydroxylation is 1. The second kappa shape index (κ2) is 10.7. The second-order valence-electron chi connectivity index (χ2n) is 9.09. The van der Waals surface area contributed by atoms with Crippen molar-refractivity contribution in [3.63, 3.8) is 0 Å². The van der Waals surface area contributed by atoms with Gasteiger partial charge in [0.2, 0.25) is 0 Å². The molecule has 1 saturated carbocycles. The second-order valence-corrected chi connectivity index (χ2v) is 10.1. The molecule has 0 atom stereocenters. The number of carbonyl (C=O) groups is 1. The number of thioether (sulfide) groups is 1. The molecule has 2 aliphatic rings. The fourth-order valence-corrected chi connectivity index (χ4v) is 6.13. The van der Waals surface area contributed by atoms with Gasteiger partial charge >= 0.3 is 0 Å². The predicted molar refractivity (Wildman–Crippen MR) is 147 cm³/mol. The molecule has 3 aromatic rings. The number of amidine groups is 1. The summed E-state index contributed by atoms with van der Waals surface area (Å²) >= 11 is 1.51. The quantitative estimate of drug-likeness (QED) is 0.336. The van der Waals surface area contributed by atoms with Crippen molar-refractivity contribution in [2.24, 2.45) is 4.99 Å². The van der Waals surface area contributed by atoms with Crippen LogP contribution in [0.5, 0.6) is 5.75 Å². The number of hydrogen-bond donors (Lipinski definition) is 0. The molecule has 1 saturated heterocycles. The zero-order valence-electron chi connectivity index (χ0n) is 20.5. The van der Waals surface area contributed by atoms with Gasteiger partial charge in [0, 0.05) is 11.4 Å². The van der Waals surface area contributed by atoms with Crippen molar-refractivity contribution in [2.45, 2.75) is 58.4 Å². The number of ether oxygens (including phenoxy) is 1. The highest BCUT2D eigenvalue weighted by Gasteiger charge is 2.38. The zero-order chi connectivity index (χ0) is 24.2. The largest absolute Gasteiger partial charge is 0.493 e. The Bertz CT molecular complexity index is 1290. The van der Waals surface area contributed by atoms with E-state index in [9.17, 15) is 4.79 Å². The highest BCUT2D eigenvalue weighted by molar-refractivity contribution is 8.18. The molecule has 1 heterocycles. The topological polar surface area (TPSA) is 41.9 Å². The minimum absolute atomic E-state index is 0.0765. The lowest BCUT2D eigenvalue weighted by atomic mass is 9.94. The van der Waals surface area contributed by atoms with E-state index in [2.05, 4.69) is 43.3 Å². The van der Waals surface area contributed by atoms with Gasteiger partial charge in [0.15, 0.2) is 5.17 Å². The van der Waals surface area contributed by atoms with Crippen LogP contribution in [0.15, 0.2) is 70.6 Å². The summed E-state index contributed by atoms with van der Waals surface area (Å²) in [5.41, 5.74) is 3.18. The van der Waals surface area contributed by atoms with Crippen LogP contribution in [0.25, 0.3) is 16.8 Å². The highest BCUT2D eigenvalue weighted by atomic mass is 32.2. The molecule has 2 fully saturated rings. The molecule has 0 unspecified atom stereocenters. The summed E-state index contributed by atoms with van der Waals surface area (Å²) < 4.78 is 5.85. The number of carbonyl (C=O) groups excluding carboxylic acids is 1. The zero-order valence-corrected chi connectivity index (χ0v) is 21.3. The number of fused-ring (bicyclic) bond motifs is 1. The first-order valence-corrected chi connectivity index (χ1v) is 13.6. The third-order valence-electron chi connectivity index (χ3n) is 6.87.